The lowest BCUT2D eigenvalue weighted by molar-refractivity contribution is 0.0952. The van der Waals surface area contributed by atoms with Gasteiger partial charge in [-0.25, -0.2) is 0 Å². The molecule has 2 N–H and O–H groups in total. The standard InChI is InChI=1S/C17H23N3O2/c18-12-14-5-7-15(8-6-14)17(22)19-9-1-2-10-20-11-3-4-16(20)13-21/h5-8,16,21H,1-4,9-11,13H2,(H,19,22). The zero-order chi connectivity index (χ0) is 15.8. The molecule has 1 amide bonds. The van der Waals surface area contributed by atoms with E-state index in [9.17, 15) is 9.90 Å². The van der Waals surface area contributed by atoms with Crippen molar-refractivity contribution in [2.45, 2.75) is 31.7 Å². The summed E-state index contributed by atoms with van der Waals surface area (Å²) in [6.07, 6.45) is 4.20. The molecule has 0 spiro atoms. The maximum atomic E-state index is 11.9. The van der Waals surface area contributed by atoms with Crippen molar-refractivity contribution in [2.75, 3.05) is 26.2 Å². The van der Waals surface area contributed by atoms with Crippen molar-refractivity contribution < 1.29 is 9.90 Å². The maximum absolute atomic E-state index is 11.9. The topological polar surface area (TPSA) is 76.4 Å². The van der Waals surface area contributed by atoms with E-state index in [1.165, 1.54) is 6.42 Å². The number of nitriles is 1. The summed E-state index contributed by atoms with van der Waals surface area (Å²) in [6.45, 7) is 2.95. The van der Waals surface area contributed by atoms with E-state index in [4.69, 9.17) is 5.26 Å². The van der Waals surface area contributed by atoms with Gasteiger partial charge in [-0.1, -0.05) is 0 Å². The Bertz CT molecular complexity index is 522. The van der Waals surface area contributed by atoms with Gasteiger partial charge in [-0.05, 0) is 63.0 Å². The Morgan fingerprint density at radius 3 is 2.82 bits per heavy atom. The fourth-order valence-electron chi connectivity index (χ4n) is 2.84. The van der Waals surface area contributed by atoms with Crippen LogP contribution in [0.3, 0.4) is 0 Å². The van der Waals surface area contributed by atoms with Crippen molar-refractivity contribution in [1.29, 1.82) is 5.26 Å². The van der Waals surface area contributed by atoms with Gasteiger partial charge in [0.05, 0.1) is 18.2 Å². The third kappa shape index (κ3) is 4.55. The smallest absolute Gasteiger partial charge is 0.251 e. The Hall–Kier alpha value is -1.90. The largest absolute Gasteiger partial charge is 0.395 e. The summed E-state index contributed by atoms with van der Waals surface area (Å²) in [4.78, 5) is 14.3. The Balaban J connectivity index is 1.63. The van der Waals surface area contributed by atoms with E-state index in [-0.39, 0.29) is 12.5 Å². The van der Waals surface area contributed by atoms with Crippen LogP contribution in [-0.4, -0.2) is 48.2 Å². The molecular formula is C17H23N3O2. The molecule has 2 rings (SSSR count). The predicted octanol–water partition coefficient (Wildman–Crippen LogP) is 1.52. The number of nitrogens with zero attached hydrogens (tertiary/aromatic N) is 2. The summed E-state index contributed by atoms with van der Waals surface area (Å²) in [5.74, 6) is -0.0982. The molecule has 1 aliphatic heterocycles. The van der Waals surface area contributed by atoms with Gasteiger partial charge in [0.15, 0.2) is 0 Å². The molecule has 1 aromatic carbocycles. The van der Waals surface area contributed by atoms with E-state index in [0.29, 0.717) is 23.7 Å². The molecule has 0 aromatic heterocycles. The van der Waals surface area contributed by atoms with Gasteiger partial charge in [0, 0.05) is 18.2 Å². The zero-order valence-corrected chi connectivity index (χ0v) is 12.8. The van der Waals surface area contributed by atoms with Crippen molar-refractivity contribution in [1.82, 2.24) is 10.2 Å². The van der Waals surface area contributed by atoms with Crippen molar-refractivity contribution in [3.8, 4) is 6.07 Å². The predicted molar refractivity (Wildman–Crippen MR) is 84.4 cm³/mol. The number of hydrogen-bond donors (Lipinski definition) is 2. The highest BCUT2D eigenvalue weighted by Crippen LogP contribution is 2.16. The Morgan fingerprint density at radius 2 is 2.14 bits per heavy atom. The van der Waals surface area contributed by atoms with E-state index < -0.39 is 0 Å². The minimum Gasteiger partial charge on any atom is -0.395 e. The zero-order valence-electron chi connectivity index (χ0n) is 12.8. The fourth-order valence-corrected chi connectivity index (χ4v) is 2.84. The van der Waals surface area contributed by atoms with E-state index >= 15 is 0 Å². The molecule has 1 atom stereocenters. The molecule has 1 aliphatic rings. The number of amides is 1. The Morgan fingerprint density at radius 1 is 1.36 bits per heavy atom. The molecule has 0 saturated carbocycles. The van der Waals surface area contributed by atoms with Crippen molar-refractivity contribution in [3.05, 3.63) is 35.4 Å². The summed E-state index contributed by atoms with van der Waals surface area (Å²) in [5, 5.41) is 20.9. The summed E-state index contributed by atoms with van der Waals surface area (Å²) in [5.41, 5.74) is 1.14. The molecule has 0 bridgehead atoms. The van der Waals surface area contributed by atoms with Crippen LogP contribution >= 0.6 is 0 Å². The monoisotopic (exact) mass is 301 g/mol. The second kappa shape index (κ2) is 8.52. The van der Waals surface area contributed by atoms with Crippen molar-refractivity contribution in [2.24, 2.45) is 0 Å². The molecule has 5 heteroatoms. The molecule has 118 valence electrons. The first kappa shape index (κ1) is 16.5. The summed E-state index contributed by atoms with van der Waals surface area (Å²) in [7, 11) is 0. The van der Waals surface area contributed by atoms with Crippen LogP contribution in [0.5, 0.6) is 0 Å². The lowest BCUT2D eigenvalue weighted by atomic mass is 10.1. The second-order valence-electron chi connectivity index (χ2n) is 5.67. The van der Waals surface area contributed by atoms with Gasteiger partial charge in [-0.2, -0.15) is 5.26 Å². The number of aliphatic hydroxyl groups is 1. The van der Waals surface area contributed by atoms with Gasteiger partial charge in [-0.3, -0.25) is 9.69 Å². The van der Waals surface area contributed by atoms with Crippen molar-refractivity contribution in [3.63, 3.8) is 0 Å². The van der Waals surface area contributed by atoms with Crippen molar-refractivity contribution >= 4 is 5.91 Å². The lowest BCUT2D eigenvalue weighted by Gasteiger charge is -2.22. The highest BCUT2D eigenvalue weighted by atomic mass is 16.3. The highest BCUT2D eigenvalue weighted by Gasteiger charge is 2.22. The maximum Gasteiger partial charge on any atom is 0.251 e. The molecule has 1 saturated heterocycles. The number of rotatable bonds is 7. The first-order valence-corrected chi connectivity index (χ1v) is 7.88. The van der Waals surface area contributed by atoms with Gasteiger partial charge >= 0.3 is 0 Å². The van der Waals surface area contributed by atoms with Crippen LogP contribution in [0.15, 0.2) is 24.3 Å². The van der Waals surface area contributed by atoms with Crippen LogP contribution in [-0.2, 0) is 0 Å². The van der Waals surface area contributed by atoms with Gasteiger partial charge in [0.1, 0.15) is 0 Å². The number of unbranched alkanes of at least 4 members (excludes halogenated alkanes) is 1. The number of likely N-dealkylation sites (tertiary alicyclic amines) is 1. The number of aliphatic hydroxyl groups excluding tert-OH is 1. The molecule has 1 aromatic rings. The van der Waals surface area contributed by atoms with E-state index in [2.05, 4.69) is 10.2 Å². The Kier molecular flexibility index (Phi) is 6.38. The molecule has 1 unspecified atom stereocenters. The second-order valence-corrected chi connectivity index (χ2v) is 5.67. The summed E-state index contributed by atoms with van der Waals surface area (Å²) < 4.78 is 0. The molecular weight excluding hydrogens is 278 g/mol. The highest BCUT2D eigenvalue weighted by molar-refractivity contribution is 5.94. The fraction of sp³-hybridized carbons (Fsp3) is 0.529. The van der Waals surface area contributed by atoms with Crippen LogP contribution in [0.25, 0.3) is 0 Å². The quantitative estimate of drug-likeness (QED) is 0.749. The number of hydrogen-bond acceptors (Lipinski definition) is 4. The SMILES string of the molecule is N#Cc1ccc(C(=O)NCCCCN2CCCC2CO)cc1. The van der Waals surface area contributed by atoms with Crippen LogP contribution < -0.4 is 5.32 Å². The molecule has 5 nitrogen and oxygen atoms in total. The van der Waals surface area contributed by atoms with Crippen LogP contribution in [0, 0.1) is 11.3 Å². The first-order chi connectivity index (χ1) is 10.7. The number of nitrogens with one attached hydrogen (secondary N) is 1. The van der Waals surface area contributed by atoms with Gasteiger partial charge < -0.3 is 10.4 Å². The third-order valence-corrected chi connectivity index (χ3v) is 4.14. The number of benzene rings is 1. The molecule has 22 heavy (non-hydrogen) atoms. The van der Waals surface area contributed by atoms with Crippen LogP contribution in [0.1, 0.15) is 41.6 Å². The minimum atomic E-state index is -0.0982. The molecule has 1 heterocycles. The van der Waals surface area contributed by atoms with Crippen LogP contribution in [0.4, 0.5) is 0 Å². The summed E-state index contributed by atoms with van der Waals surface area (Å²) >= 11 is 0. The molecule has 1 fully saturated rings. The third-order valence-electron chi connectivity index (χ3n) is 4.14. The van der Waals surface area contributed by atoms with Gasteiger partial charge in [0.25, 0.3) is 5.91 Å². The minimum absolute atomic E-state index is 0.0982. The average Bonchev–Trinajstić information content (AvgIpc) is 3.02. The number of carbonyl (C=O) groups is 1. The Labute approximate surface area is 131 Å². The summed E-state index contributed by atoms with van der Waals surface area (Å²) in [6, 6.07) is 9.00. The lowest BCUT2D eigenvalue weighted by Crippen LogP contribution is -2.33. The average molecular weight is 301 g/mol. The molecule has 0 radical (unpaired) electrons. The van der Waals surface area contributed by atoms with E-state index in [0.717, 1.165) is 32.4 Å². The molecule has 0 aliphatic carbocycles. The normalized spacial score (nSPS) is 18.1. The first-order valence-electron chi connectivity index (χ1n) is 7.88. The van der Waals surface area contributed by atoms with Crippen LogP contribution in [0.2, 0.25) is 0 Å². The van der Waals surface area contributed by atoms with E-state index in [1.54, 1.807) is 24.3 Å². The number of carbonyl (C=O) groups excluding carboxylic acids is 1. The van der Waals surface area contributed by atoms with Gasteiger partial charge in [-0.15, -0.1) is 0 Å². The van der Waals surface area contributed by atoms with Gasteiger partial charge in [0.2, 0.25) is 0 Å². The van der Waals surface area contributed by atoms with E-state index in [1.807, 2.05) is 6.07 Å².